The van der Waals surface area contributed by atoms with Crippen LogP contribution in [0.15, 0.2) is 66.3 Å². The first-order chi connectivity index (χ1) is 15.5. The molecule has 2 aromatic rings. The first-order valence-electron chi connectivity index (χ1n) is 13.9. The van der Waals surface area contributed by atoms with Crippen molar-refractivity contribution in [3.63, 3.8) is 0 Å². The van der Waals surface area contributed by atoms with Crippen molar-refractivity contribution < 1.29 is 37.5 Å². The summed E-state index contributed by atoms with van der Waals surface area (Å²) in [5, 5.41) is 0. The summed E-state index contributed by atoms with van der Waals surface area (Å²) in [6, 6.07) is 13.9. The smallest absolute Gasteiger partial charge is 1.00 e. The van der Waals surface area contributed by atoms with Gasteiger partial charge in [0.05, 0.1) is 0 Å². The van der Waals surface area contributed by atoms with Crippen molar-refractivity contribution in [1.82, 2.24) is 0 Å². The van der Waals surface area contributed by atoms with E-state index < -0.39 is 12.7 Å². The summed E-state index contributed by atoms with van der Waals surface area (Å²) >= 11 is -4.63. The van der Waals surface area contributed by atoms with Crippen LogP contribution in [0, 0.1) is 0 Å². The second kappa shape index (κ2) is 7.60. The molecule has 0 N–H and O–H groups in total. The first kappa shape index (κ1) is 30.1. The van der Waals surface area contributed by atoms with Crippen molar-refractivity contribution in [3.8, 4) is 11.1 Å². The fourth-order valence-electron chi connectivity index (χ4n) is 7.61. The van der Waals surface area contributed by atoms with Gasteiger partial charge in [-0.25, -0.2) is 0 Å². The van der Waals surface area contributed by atoms with E-state index in [1.54, 1.807) is 27.8 Å². The van der Waals surface area contributed by atoms with Crippen LogP contribution in [0.25, 0.3) is 17.2 Å². The summed E-state index contributed by atoms with van der Waals surface area (Å²) in [7, 11) is 2.52. The molecule has 0 bridgehead atoms. The molecule has 0 nitrogen and oxygen atoms in total. The van der Waals surface area contributed by atoms with E-state index in [0.29, 0.717) is 7.25 Å². The van der Waals surface area contributed by atoms with Crippen molar-refractivity contribution in [2.45, 2.75) is 71.2 Å². The van der Waals surface area contributed by atoms with E-state index in [9.17, 15) is 0 Å². The Labute approximate surface area is 227 Å². The minimum atomic E-state index is -4.63. The molecule has 0 aromatic heterocycles. The van der Waals surface area contributed by atoms with Crippen LogP contribution in [0.1, 0.15) is 58.5 Å². The SMILES string of the molecule is CCCCC1=C[CH]([Zr]([CH3])([CH3])([CH3])([CH3])([SiH3])([SiH3])[CH]2C=Cc3c2cc2c(c3-c3ccccc3)CCC2)C=C1.[Cl-].[Cl-]. The van der Waals surface area contributed by atoms with Gasteiger partial charge in [0.2, 0.25) is 0 Å². The van der Waals surface area contributed by atoms with Gasteiger partial charge in [0, 0.05) is 0 Å². The molecule has 0 saturated heterocycles. The standard InChI is InChI=1S/C18H15.C9H13.4CH3.2ClH.2H3Si.Zr/c1-2-6-13(7-3-1)18-16-10-4-8-14(16)12-15-9-5-11-17(15)18;1-2-3-6-9-7-4-5-8-9;;;;;;;;;/h1-4,6-8,10,12H,5,9,11H2;4-5,7-8H,2-3,6H2,1H3;4*1H3;2*1H;2*1H3;/p-2. The maximum absolute atomic E-state index is 4.63. The number of rotatable bonds is 6. The average molecular weight is 637 g/mol. The quantitative estimate of drug-likeness (QED) is 0.422. The van der Waals surface area contributed by atoms with E-state index in [0.717, 1.165) is 0 Å². The van der Waals surface area contributed by atoms with Crippen LogP contribution in [0.3, 0.4) is 0 Å². The Morgan fingerprint density at radius 2 is 1.61 bits per heavy atom. The number of hydrogen-bond acceptors (Lipinski definition) is 0. The van der Waals surface area contributed by atoms with E-state index in [4.69, 9.17) is 0 Å². The summed E-state index contributed by atoms with van der Waals surface area (Å²) in [5.74, 6) is 0. The maximum atomic E-state index is 2.86. The summed E-state index contributed by atoms with van der Waals surface area (Å²) < 4.78 is 12.6. The molecule has 2 aromatic carbocycles. The molecular formula is C31H46Cl2Si2Zr-2. The summed E-state index contributed by atoms with van der Waals surface area (Å²) in [6.45, 7) is 2.31. The summed E-state index contributed by atoms with van der Waals surface area (Å²) in [4.78, 5) is 0. The van der Waals surface area contributed by atoms with E-state index in [2.05, 4.69) is 92.2 Å². The molecule has 2 unspecified atom stereocenters. The zero-order chi connectivity index (χ0) is 24.6. The molecule has 3 aliphatic rings. The molecule has 0 heterocycles. The van der Waals surface area contributed by atoms with Gasteiger partial charge in [0.15, 0.2) is 0 Å². The fraction of sp³-hybridized carbons (Fsp3) is 0.419. The normalized spacial score (nSPS) is 24.4. The minimum Gasteiger partial charge on any atom is -1.00 e. The van der Waals surface area contributed by atoms with E-state index in [-0.39, 0.29) is 24.8 Å². The first-order valence-corrected chi connectivity index (χ1v) is 43.3. The third-order valence-corrected chi connectivity index (χ3v) is 48.5. The van der Waals surface area contributed by atoms with Gasteiger partial charge in [-0.1, -0.05) is 0 Å². The molecular weight excluding hydrogens is 591 g/mol. The van der Waals surface area contributed by atoms with Gasteiger partial charge in [0.1, 0.15) is 0 Å². The fourth-order valence-corrected chi connectivity index (χ4v) is 34.4. The Balaban J connectivity index is 0.00000180. The van der Waals surface area contributed by atoms with Crippen molar-refractivity contribution in [2.24, 2.45) is 0 Å². The van der Waals surface area contributed by atoms with Crippen LogP contribution in [0.4, 0.5) is 0 Å². The van der Waals surface area contributed by atoms with Crippen LogP contribution in [-0.2, 0) is 25.5 Å². The molecule has 5 heteroatoms. The third-order valence-electron chi connectivity index (χ3n) is 10.3. The molecule has 0 saturated carbocycles. The van der Waals surface area contributed by atoms with Crippen LogP contribution >= 0.6 is 0 Å². The van der Waals surface area contributed by atoms with Crippen LogP contribution < -0.4 is 24.8 Å². The predicted octanol–water partition coefficient (Wildman–Crippen LogP) is 1.44. The van der Waals surface area contributed by atoms with Crippen LogP contribution in [0.5, 0.6) is 0 Å². The van der Waals surface area contributed by atoms with E-state index in [1.165, 1.54) is 64.4 Å². The zero-order valence-electron chi connectivity index (χ0n) is 23.5. The molecule has 198 valence electrons. The predicted molar refractivity (Wildman–Crippen MR) is 160 cm³/mol. The Kier molecular flexibility index (Phi) is 6.35. The van der Waals surface area contributed by atoms with Gasteiger partial charge >= 0.3 is 204 Å². The average Bonchev–Trinajstić information content (AvgIpc) is 3.49. The van der Waals surface area contributed by atoms with Gasteiger partial charge in [-0.3, -0.25) is 0 Å². The van der Waals surface area contributed by atoms with Crippen LogP contribution in [0.2, 0.25) is 22.2 Å². The minimum absolute atomic E-state index is 0. The van der Waals surface area contributed by atoms with Gasteiger partial charge in [-0.2, -0.15) is 0 Å². The molecule has 0 fully saturated rings. The number of benzene rings is 2. The van der Waals surface area contributed by atoms with Crippen molar-refractivity contribution in [3.05, 3.63) is 88.5 Å². The van der Waals surface area contributed by atoms with Gasteiger partial charge in [-0.05, 0) is 0 Å². The monoisotopic (exact) mass is 634 g/mol. The zero-order valence-corrected chi connectivity index (χ0v) is 31.5. The number of halogens is 2. The van der Waals surface area contributed by atoms with E-state index in [1.807, 2.05) is 0 Å². The van der Waals surface area contributed by atoms with Crippen molar-refractivity contribution >= 4 is 20.8 Å². The number of allylic oxidation sites excluding steroid dienone is 5. The maximum Gasteiger partial charge on any atom is -1.00 e. The molecule has 36 heavy (non-hydrogen) atoms. The molecule has 3 aliphatic carbocycles. The number of fused-ring (bicyclic) bond motifs is 2. The second-order valence-electron chi connectivity index (χ2n) is 19.3. The van der Waals surface area contributed by atoms with Crippen molar-refractivity contribution in [2.75, 3.05) is 0 Å². The number of aryl methyl sites for hydroxylation is 1. The Hall–Kier alpha value is -0.443. The van der Waals surface area contributed by atoms with Gasteiger partial charge < -0.3 is 24.8 Å². The molecule has 0 aliphatic heterocycles. The second-order valence-corrected chi connectivity index (χ2v) is 162. The topological polar surface area (TPSA) is 0 Å². The van der Waals surface area contributed by atoms with Crippen LogP contribution in [-0.4, -0.2) is 14.7 Å². The Morgan fingerprint density at radius 3 is 2.28 bits per heavy atom. The van der Waals surface area contributed by atoms with Gasteiger partial charge in [0.25, 0.3) is 0 Å². The Morgan fingerprint density at radius 1 is 0.917 bits per heavy atom. The van der Waals surface area contributed by atoms with E-state index >= 15 is 0 Å². The number of unbranched alkanes of at least 4 members (excludes halogenated alkanes) is 1. The molecule has 2 atom stereocenters. The Bertz CT molecular complexity index is 1330. The third kappa shape index (κ3) is 4.64. The summed E-state index contributed by atoms with van der Waals surface area (Å²) in [6.07, 6.45) is 20.7. The van der Waals surface area contributed by atoms with Crippen molar-refractivity contribution in [1.29, 1.82) is 0 Å². The summed E-state index contributed by atoms with van der Waals surface area (Å²) in [5.41, 5.74) is 11.0. The molecule has 0 amide bonds. The molecule has 0 spiro atoms. The molecule has 5 rings (SSSR count). The number of hydrogen-bond donors (Lipinski definition) is 0. The molecule has 0 radical (unpaired) electrons. The van der Waals surface area contributed by atoms with Gasteiger partial charge in [-0.15, -0.1) is 0 Å². The largest absolute Gasteiger partial charge is 1.00 e.